The Hall–Kier alpha value is -2.22. The number of thiophene rings is 1. The van der Waals surface area contributed by atoms with E-state index in [-0.39, 0.29) is 12.1 Å². The topological polar surface area (TPSA) is 70.7 Å². The van der Waals surface area contributed by atoms with Crippen molar-refractivity contribution in [1.82, 2.24) is 15.5 Å². The summed E-state index contributed by atoms with van der Waals surface area (Å²) in [5.41, 5.74) is 2.12. The van der Waals surface area contributed by atoms with Crippen LogP contribution in [0.3, 0.4) is 0 Å². The van der Waals surface area contributed by atoms with Crippen LogP contribution in [0.4, 0.5) is 0 Å². The van der Waals surface area contributed by atoms with Gasteiger partial charge in [0.05, 0.1) is 19.3 Å². The molecular formula is C21H27N3O3S. The lowest BCUT2D eigenvalue weighted by molar-refractivity contribution is -0.140. The van der Waals surface area contributed by atoms with Crippen molar-refractivity contribution in [3.8, 4) is 0 Å². The molecule has 2 atom stereocenters. The Labute approximate surface area is 169 Å². The molecule has 2 heterocycles. The second-order valence-electron chi connectivity index (χ2n) is 7.04. The highest BCUT2D eigenvalue weighted by Gasteiger charge is 2.30. The minimum absolute atomic E-state index is 0.0257. The molecule has 0 aliphatic carbocycles. The summed E-state index contributed by atoms with van der Waals surface area (Å²) in [6.07, 6.45) is 0. The zero-order valence-electron chi connectivity index (χ0n) is 16.3. The molecule has 1 aliphatic rings. The molecule has 3 rings (SSSR count). The quantitative estimate of drug-likeness (QED) is 0.729. The van der Waals surface area contributed by atoms with Gasteiger partial charge in [0.2, 0.25) is 0 Å². The van der Waals surface area contributed by atoms with Crippen LogP contribution in [0.1, 0.15) is 29.0 Å². The Morgan fingerprint density at radius 1 is 1.14 bits per heavy atom. The molecule has 7 heteroatoms. The van der Waals surface area contributed by atoms with Gasteiger partial charge in [-0.25, -0.2) is 0 Å². The van der Waals surface area contributed by atoms with Crippen molar-refractivity contribution in [3.63, 3.8) is 0 Å². The molecule has 2 N–H and O–H groups in total. The Kier molecular flexibility index (Phi) is 7.19. The second kappa shape index (κ2) is 9.82. The van der Waals surface area contributed by atoms with Crippen molar-refractivity contribution < 1.29 is 14.3 Å². The third kappa shape index (κ3) is 5.41. The maximum atomic E-state index is 12.4. The van der Waals surface area contributed by atoms with Gasteiger partial charge in [0.25, 0.3) is 0 Å². The minimum atomic E-state index is -0.612. The van der Waals surface area contributed by atoms with Crippen molar-refractivity contribution in [2.45, 2.75) is 32.5 Å². The van der Waals surface area contributed by atoms with Crippen molar-refractivity contribution in [1.29, 1.82) is 0 Å². The summed E-state index contributed by atoms with van der Waals surface area (Å²) in [7, 11) is 0. The van der Waals surface area contributed by atoms with Gasteiger partial charge in [-0.3, -0.25) is 14.5 Å². The molecule has 1 aromatic carbocycles. The van der Waals surface area contributed by atoms with Crippen LogP contribution in [0.15, 0.2) is 41.8 Å². The van der Waals surface area contributed by atoms with Crippen LogP contribution < -0.4 is 10.6 Å². The molecule has 2 aromatic rings. The smallest absolute Gasteiger partial charge is 0.309 e. The lowest BCUT2D eigenvalue weighted by atomic mass is 10.1. The van der Waals surface area contributed by atoms with Crippen LogP contribution >= 0.6 is 11.3 Å². The molecule has 1 aliphatic heterocycles. The average Bonchev–Trinajstić information content (AvgIpc) is 3.22. The number of ether oxygens (including phenoxy) is 1. The van der Waals surface area contributed by atoms with E-state index < -0.39 is 11.8 Å². The summed E-state index contributed by atoms with van der Waals surface area (Å²) in [5, 5.41) is 7.61. The van der Waals surface area contributed by atoms with E-state index in [0.717, 1.165) is 24.2 Å². The van der Waals surface area contributed by atoms with Gasteiger partial charge in [0.1, 0.15) is 0 Å². The fourth-order valence-corrected chi connectivity index (χ4v) is 4.34. The normalized spacial score (nSPS) is 16.9. The molecule has 0 saturated carbocycles. The summed E-state index contributed by atoms with van der Waals surface area (Å²) < 4.78 is 5.46. The second-order valence-corrected chi connectivity index (χ2v) is 8.02. The van der Waals surface area contributed by atoms with Crippen molar-refractivity contribution in [2.24, 2.45) is 0 Å². The fraction of sp³-hybridized carbons (Fsp3) is 0.429. The van der Waals surface area contributed by atoms with Crippen LogP contribution in [0.2, 0.25) is 0 Å². The summed E-state index contributed by atoms with van der Waals surface area (Å²) in [5.74, 6) is -1.21. The molecule has 2 amide bonds. The Morgan fingerprint density at radius 2 is 1.86 bits per heavy atom. The van der Waals surface area contributed by atoms with E-state index in [4.69, 9.17) is 4.74 Å². The largest absolute Gasteiger partial charge is 0.379 e. The maximum Gasteiger partial charge on any atom is 0.309 e. The predicted octanol–water partition coefficient (Wildman–Crippen LogP) is 2.25. The highest BCUT2D eigenvalue weighted by Crippen LogP contribution is 2.29. The van der Waals surface area contributed by atoms with Gasteiger partial charge in [-0.1, -0.05) is 35.9 Å². The van der Waals surface area contributed by atoms with Gasteiger partial charge in [0.15, 0.2) is 0 Å². The van der Waals surface area contributed by atoms with Crippen LogP contribution in [-0.4, -0.2) is 49.1 Å². The molecule has 6 nitrogen and oxygen atoms in total. The van der Waals surface area contributed by atoms with Gasteiger partial charge >= 0.3 is 11.8 Å². The minimum Gasteiger partial charge on any atom is -0.379 e. The fourth-order valence-electron chi connectivity index (χ4n) is 3.38. The third-order valence-electron chi connectivity index (χ3n) is 4.89. The van der Waals surface area contributed by atoms with Crippen molar-refractivity contribution in [2.75, 3.05) is 26.3 Å². The monoisotopic (exact) mass is 401 g/mol. The number of carbonyl (C=O) groups is 2. The standard InChI is InChI=1S/C21H27N3O3S/c1-15-5-7-17(8-6-15)14-22-20(25)21(26)23-16(2)19(18-4-3-13-28-18)24-9-11-27-12-10-24/h3-8,13,16,19H,9-12,14H2,1-2H3,(H,22,25)(H,23,26)/t16-,19-/m0/s1. The van der Waals surface area contributed by atoms with E-state index in [0.29, 0.717) is 19.8 Å². The highest BCUT2D eigenvalue weighted by molar-refractivity contribution is 7.10. The SMILES string of the molecule is Cc1ccc(CNC(=O)C(=O)N[C@@H](C)[C@@H](c2cccs2)N2CCOCC2)cc1. The van der Waals surface area contributed by atoms with Crippen LogP contribution in [0.25, 0.3) is 0 Å². The van der Waals surface area contributed by atoms with Gasteiger partial charge in [-0.2, -0.15) is 0 Å². The number of hydrogen-bond donors (Lipinski definition) is 2. The first-order valence-corrected chi connectivity index (χ1v) is 10.4. The first-order valence-electron chi connectivity index (χ1n) is 9.54. The van der Waals surface area contributed by atoms with Gasteiger partial charge in [0, 0.05) is 30.6 Å². The number of amides is 2. The zero-order valence-corrected chi connectivity index (χ0v) is 17.1. The molecular weight excluding hydrogens is 374 g/mol. The molecule has 0 radical (unpaired) electrons. The van der Waals surface area contributed by atoms with Gasteiger partial charge in [-0.15, -0.1) is 11.3 Å². The van der Waals surface area contributed by atoms with E-state index in [2.05, 4.69) is 21.6 Å². The molecule has 1 aromatic heterocycles. The summed E-state index contributed by atoms with van der Waals surface area (Å²) in [6.45, 7) is 7.27. The van der Waals surface area contributed by atoms with E-state index in [1.54, 1.807) is 11.3 Å². The first kappa shape index (κ1) is 20.5. The number of aryl methyl sites for hydroxylation is 1. The number of nitrogens with one attached hydrogen (secondary N) is 2. The summed E-state index contributed by atoms with van der Waals surface area (Å²) in [4.78, 5) is 28.2. The van der Waals surface area contributed by atoms with E-state index in [9.17, 15) is 9.59 Å². The number of morpholine rings is 1. The lowest BCUT2D eigenvalue weighted by Crippen LogP contribution is -2.51. The van der Waals surface area contributed by atoms with Gasteiger partial charge in [-0.05, 0) is 30.9 Å². The molecule has 0 bridgehead atoms. The van der Waals surface area contributed by atoms with Crippen LogP contribution in [-0.2, 0) is 20.9 Å². The van der Waals surface area contributed by atoms with E-state index in [1.165, 1.54) is 4.88 Å². The molecule has 0 spiro atoms. The maximum absolute atomic E-state index is 12.4. The van der Waals surface area contributed by atoms with Crippen LogP contribution in [0.5, 0.6) is 0 Å². The van der Waals surface area contributed by atoms with Crippen molar-refractivity contribution in [3.05, 3.63) is 57.8 Å². The predicted molar refractivity (Wildman–Crippen MR) is 110 cm³/mol. The number of carbonyl (C=O) groups excluding carboxylic acids is 2. The van der Waals surface area contributed by atoms with E-state index >= 15 is 0 Å². The van der Waals surface area contributed by atoms with Crippen LogP contribution in [0, 0.1) is 6.92 Å². The molecule has 1 fully saturated rings. The van der Waals surface area contributed by atoms with E-state index in [1.807, 2.05) is 49.6 Å². The third-order valence-corrected chi connectivity index (χ3v) is 5.83. The summed E-state index contributed by atoms with van der Waals surface area (Å²) >= 11 is 1.66. The highest BCUT2D eigenvalue weighted by atomic mass is 32.1. The first-order chi connectivity index (χ1) is 13.5. The van der Waals surface area contributed by atoms with Crippen molar-refractivity contribution >= 4 is 23.2 Å². The summed E-state index contributed by atoms with van der Waals surface area (Å²) in [6, 6.07) is 11.8. The zero-order chi connectivity index (χ0) is 19.9. The Morgan fingerprint density at radius 3 is 2.50 bits per heavy atom. The lowest BCUT2D eigenvalue weighted by Gasteiger charge is -2.37. The number of hydrogen-bond acceptors (Lipinski definition) is 5. The number of nitrogens with zero attached hydrogens (tertiary/aromatic N) is 1. The molecule has 28 heavy (non-hydrogen) atoms. The molecule has 0 unspecified atom stereocenters. The number of benzene rings is 1. The van der Waals surface area contributed by atoms with Gasteiger partial charge < -0.3 is 15.4 Å². The Bertz CT molecular complexity index is 771. The molecule has 1 saturated heterocycles. The Balaban J connectivity index is 1.58. The average molecular weight is 402 g/mol. The number of rotatable bonds is 6. The molecule has 150 valence electrons.